The average Bonchev–Trinajstić information content (AvgIpc) is 3.70. The molecule has 3 fully saturated rings. The van der Waals surface area contributed by atoms with E-state index >= 15 is 19.2 Å². The molecule has 9 rings (SSSR count). The van der Waals surface area contributed by atoms with Crippen LogP contribution in [0.15, 0.2) is 146 Å². The second kappa shape index (κ2) is 19.7. The second-order valence-electron chi connectivity index (χ2n) is 18.1. The van der Waals surface area contributed by atoms with Crippen molar-refractivity contribution in [2.45, 2.75) is 86.7 Å². The van der Waals surface area contributed by atoms with Crippen molar-refractivity contribution in [2.75, 3.05) is 24.7 Å². The molecular weight excluding hydrogens is 857 g/mol. The number of fused-ring (bicyclic) bond motifs is 3. The van der Waals surface area contributed by atoms with Crippen LogP contribution < -0.4 is 20.3 Å². The van der Waals surface area contributed by atoms with Crippen LogP contribution >= 0.6 is 0 Å². The number of hydrogen-bond acceptors (Lipinski definition) is 9. The van der Waals surface area contributed by atoms with E-state index in [1.54, 1.807) is 42.5 Å². The number of ether oxygens (including phenoxy) is 2. The number of carbonyl (C=O) groups excluding carboxylic acids is 4. The lowest BCUT2D eigenvalue weighted by Gasteiger charge is -2.46. The fourth-order valence-corrected chi connectivity index (χ4v) is 10.9. The Labute approximate surface area is 397 Å². The van der Waals surface area contributed by atoms with Crippen LogP contribution in [0.4, 0.5) is 10.5 Å². The number of cyclic esters (lactones) is 1. The highest BCUT2D eigenvalue weighted by molar-refractivity contribution is 6.24. The molecule has 68 heavy (non-hydrogen) atoms. The van der Waals surface area contributed by atoms with E-state index in [9.17, 15) is 10.2 Å². The number of hydrogen-bond donors (Lipinski definition) is 4. The van der Waals surface area contributed by atoms with E-state index in [1.165, 1.54) is 6.08 Å². The number of aliphatic hydroxyl groups excluding tert-OH is 1. The molecule has 2 saturated heterocycles. The van der Waals surface area contributed by atoms with Crippen LogP contribution in [0.5, 0.6) is 5.75 Å². The quantitative estimate of drug-likeness (QED) is 0.0447. The number of rotatable bonds is 11. The molecule has 12 heteroatoms. The first-order chi connectivity index (χ1) is 33.1. The number of aliphatic hydroxyl groups is 2. The smallest absolute Gasteiger partial charge is 0.329 e. The number of esters is 1. The molecule has 1 spiro atoms. The summed E-state index contributed by atoms with van der Waals surface area (Å²) in [5.74, 6) is 3.06. The van der Waals surface area contributed by atoms with Crippen molar-refractivity contribution in [2.24, 2.45) is 5.92 Å². The zero-order valence-corrected chi connectivity index (χ0v) is 38.1. The summed E-state index contributed by atoms with van der Waals surface area (Å²) in [6.07, 6.45) is 5.29. The van der Waals surface area contributed by atoms with Gasteiger partial charge in [-0.1, -0.05) is 140 Å². The Bertz CT molecular complexity index is 2730. The monoisotopic (exact) mass is 912 g/mol. The second-order valence-corrected chi connectivity index (χ2v) is 18.1. The Morgan fingerprint density at radius 2 is 1.51 bits per heavy atom. The van der Waals surface area contributed by atoms with Crippen LogP contribution in [-0.4, -0.2) is 70.3 Å². The van der Waals surface area contributed by atoms with Gasteiger partial charge in [0.2, 0.25) is 11.8 Å². The van der Waals surface area contributed by atoms with Gasteiger partial charge in [-0.25, -0.2) is 9.69 Å². The number of nitrogens with zero attached hydrogens (tertiary/aromatic N) is 2. The number of amides is 4. The van der Waals surface area contributed by atoms with Gasteiger partial charge in [-0.15, -0.1) is 6.58 Å². The van der Waals surface area contributed by atoms with E-state index in [0.29, 0.717) is 35.3 Å². The highest BCUT2D eigenvalue weighted by Gasteiger charge is 2.76. The fraction of sp³-hybridized carbons (Fsp3) is 0.321. The molecule has 1 aliphatic carbocycles. The Morgan fingerprint density at radius 3 is 2.19 bits per heavy atom. The standard InChI is InChI=1S/C56H56N4O8/c1-3-33-57-51(62)46-48-52(63)68-49(41-23-13-8-14-24-41)47(40-21-11-7-12-22-40)60(48)50(42-25-15-16-26-45(42)67-35-34-61)56(46)43-36-38(29-32-55(66)30-17-4-5-18-31-55)27-28-44(43)59(53(56)64)54(65)58-37(2)39-19-9-6-10-20-39/h3,6-16,19-28,36-37,46-50,61,66H,1,4-5,17-18,30-31,33-35H2,2H3,(H,57,62)(H,58,65)/t37-,46-,47-,48-,49+,50+,56-/m1/s1. The summed E-state index contributed by atoms with van der Waals surface area (Å²) in [4.78, 5) is 65.6. The normalized spacial score (nSPS) is 24.3. The first-order valence-corrected chi connectivity index (χ1v) is 23.5. The third-order valence-electron chi connectivity index (χ3n) is 13.9. The number of carbonyl (C=O) groups is 4. The van der Waals surface area contributed by atoms with Crippen LogP contribution in [0.25, 0.3) is 0 Å². The Hall–Kier alpha value is -7.04. The van der Waals surface area contributed by atoms with Gasteiger partial charge >= 0.3 is 12.0 Å². The van der Waals surface area contributed by atoms with Gasteiger partial charge in [-0.05, 0) is 79.1 Å². The van der Waals surface area contributed by atoms with Crippen molar-refractivity contribution < 1.29 is 38.9 Å². The third kappa shape index (κ3) is 8.36. The Kier molecular flexibility index (Phi) is 13.3. The summed E-state index contributed by atoms with van der Waals surface area (Å²) < 4.78 is 12.9. The molecule has 7 atom stereocenters. The van der Waals surface area contributed by atoms with Crippen LogP contribution in [0.2, 0.25) is 0 Å². The number of morpholine rings is 1. The van der Waals surface area contributed by atoms with E-state index in [4.69, 9.17) is 9.47 Å². The van der Waals surface area contributed by atoms with Crippen molar-refractivity contribution >= 4 is 29.5 Å². The van der Waals surface area contributed by atoms with Gasteiger partial charge in [-0.3, -0.25) is 19.3 Å². The van der Waals surface area contributed by atoms with Crippen molar-refractivity contribution in [1.82, 2.24) is 15.5 Å². The molecule has 0 aromatic heterocycles. The molecule has 0 radical (unpaired) electrons. The molecule has 4 N–H and O–H groups in total. The van der Waals surface area contributed by atoms with Gasteiger partial charge in [0.25, 0.3) is 0 Å². The first-order valence-electron chi connectivity index (χ1n) is 23.5. The predicted molar refractivity (Wildman–Crippen MR) is 257 cm³/mol. The van der Waals surface area contributed by atoms with Crippen molar-refractivity contribution in [3.05, 3.63) is 179 Å². The number of anilines is 1. The van der Waals surface area contributed by atoms with E-state index in [2.05, 4.69) is 29.1 Å². The molecule has 12 nitrogen and oxygen atoms in total. The maximum Gasteiger partial charge on any atom is 0.329 e. The van der Waals surface area contributed by atoms with Gasteiger partial charge < -0.3 is 30.3 Å². The highest BCUT2D eigenvalue weighted by Crippen LogP contribution is 2.66. The molecule has 0 bridgehead atoms. The maximum atomic E-state index is 16.6. The summed E-state index contributed by atoms with van der Waals surface area (Å²) >= 11 is 0. The van der Waals surface area contributed by atoms with Gasteiger partial charge in [0.15, 0.2) is 0 Å². The van der Waals surface area contributed by atoms with Crippen LogP contribution in [-0.2, 0) is 24.5 Å². The predicted octanol–water partition coefficient (Wildman–Crippen LogP) is 7.93. The molecule has 348 valence electrons. The highest BCUT2D eigenvalue weighted by atomic mass is 16.6. The number of imide groups is 1. The van der Waals surface area contributed by atoms with E-state index in [1.807, 2.05) is 103 Å². The van der Waals surface area contributed by atoms with E-state index in [-0.39, 0.29) is 31.0 Å². The minimum atomic E-state index is -2.06. The largest absolute Gasteiger partial charge is 0.491 e. The minimum Gasteiger partial charge on any atom is -0.491 e. The topological polar surface area (TPSA) is 158 Å². The zero-order chi connectivity index (χ0) is 47.4. The molecule has 4 amide bonds. The summed E-state index contributed by atoms with van der Waals surface area (Å²) in [5.41, 5.74) is 0.318. The van der Waals surface area contributed by atoms with Crippen LogP contribution in [0.1, 0.15) is 103 Å². The maximum absolute atomic E-state index is 16.6. The molecule has 5 aromatic rings. The SMILES string of the molecule is C=CCNC(=O)[C@H]1[C@@H]2C(=O)O[C@@H](c3ccccc3)[C@@H](c3ccccc3)N2[C@@H](c2ccccc2OCCO)[C@]12C(=O)N(C(=O)N[C@H](C)c1ccccc1)c1ccc(C#CC3(O)CCCCCC3)cc12. The Morgan fingerprint density at radius 1 is 0.868 bits per heavy atom. The molecule has 3 heterocycles. The van der Waals surface area contributed by atoms with E-state index in [0.717, 1.165) is 41.7 Å². The van der Waals surface area contributed by atoms with Gasteiger partial charge in [0, 0.05) is 17.7 Å². The Balaban J connectivity index is 1.35. The minimum absolute atomic E-state index is 0.00668. The fourth-order valence-electron chi connectivity index (χ4n) is 10.9. The lowest BCUT2D eigenvalue weighted by Crippen LogP contribution is -2.56. The number of benzene rings is 5. The van der Waals surface area contributed by atoms with Crippen molar-refractivity contribution in [3.63, 3.8) is 0 Å². The lowest BCUT2D eigenvalue weighted by atomic mass is 9.65. The van der Waals surface area contributed by atoms with Crippen LogP contribution in [0.3, 0.4) is 0 Å². The number of nitrogens with one attached hydrogen (secondary N) is 2. The van der Waals surface area contributed by atoms with Crippen molar-refractivity contribution in [3.8, 4) is 17.6 Å². The van der Waals surface area contributed by atoms with Crippen molar-refractivity contribution in [1.29, 1.82) is 0 Å². The van der Waals surface area contributed by atoms with Gasteiger partial charge in [0.1, 0.15) is 35.5 Å². The molecule has 3 aliphatic heterocycles. The number of para-hydroxylation sites is 1. The lowest BCUT2D eigenvalue weighted by molar-refractivity contribution is -0.178. The molecule has 4 aliphatic rings. The zero-order valence-electron chi connectivity index (χ0n) is 38.1. The molecule has 1 saturated carbocycles. The molecule has 5 aromatic carbocycles. The van der Waals surface area contributed by atoms with Gasteiger partial charge in [-0.2, -0.15) is 0 Å². The number of urea groups is 1. The summed E-state index contributed by atoms with van der Waals surface area (Å²) in [7, 11) is 0. The first kappa shape index (κ1) is 46.1. The summed E-state index contributed by atoms with van der Waals surface area (Å²) in [5, 5.41) is 27.8. The summed E-state index contributed by atoms with van der Waals surface area (Å²) in [6.45, 7) is 5.26. The molecular formula is C56H56N4O8. The summed E-state index contributed by atoms with van der Waals surface area (Å²) in [6, 6.07) is 35.8. The molecule has 0 unspecified atom stereocenters. The average molecular weight is 913 g/mol. The third-order valence-corrected chi connectivity index (χ3v) is 13.9. The van der Waals surface area contributed by atoms with Crippen LogP contribution in [0, 0.1) is 17.8 Å². The van der Waals surface area contributed by atoms with Gasteiger partial charge in [0.05, 0.1) is 36.3 Å². The van der Waals surface area contributed by atoms with E-state index < -0.39 is 71.0 Å².